The van der Waals surface area contributed by atoms with Crippen LogP contribution in [0.1, 0.15) is 13.3 Å². The third-order valence-electron chi connectivity index (χ3n) is 3.22. The molecule has 2 amide bonds. The van der Waals surface area contributed by atoms with E-state index in [0.29, 0.717) is 34.5 Å². The van der Waals surface area contributed by atoms with Crippen molar-refractivity contribution in [1.29, 1.82) is 0 Å². The molecule has 2 aromatic carbocycles. The number of benzene rings is 2. The molecule has 0 aliphatic carbocycles. The van der Waals surface area contributed by atoms with Gasteiger partial charge in [0, 0.05) is 5.69 Å². The Hall–Kier alpha value is -2.73. The highest BCUT2D eigenvalue weighted by molar-refractivity contribution is 6.32. The Morgan fingerprint density at radius 2 is 1.76 bits per heavy atom. The zero-order valence-corrected chi connectivity index (χ0v) is 14.7. The van der Waals surface area contributed by atoms with Gasteiger partial charge in [0.15, 0.2) is 0 Å². The van der Waals surface area contributed by atoms with Gasteiger partial charge in [-0.3, -0.25) is 9.59 Å². The number of carbonyl (C=O) groups is 2. The van der Waals surface area contributed by atoms with Gasteiger partial charge in [0.25, 0.3) is 0 Å². The van der Waals surface area contributed by atoms with E-state index in [1.165, 1.54) is 7.11 Å². The van der Waals surface area contributed by atoms with Crippen LogP contribution >= 0.6 is 11.6 Å². The highest BCUT2D eigenvalue weighted by Gasteiger charge is 2.13. The molecule has 0 spiro atoms. The predicted molar refractivity (Wildman–Crippen MR) is 97.5 cm³/mol. The first-order valence-electron chi connectivity index (χ1n) is 7.68. The maximum absolute atomic E-state index is 12.1. The SMILES string of the molecule is CCOc1ccccc1NC(=O)CC(=O)Nc1ccc(OC)c(Cl)c1. The second-order valence-corrected chi connectivity index (χ2v) is 5.46. The Kier molecular flexibility index (Phi) is 6.65. The Bertz CT molecular complexity index is 764. The summed E-state index contributed by atoms with van der Waals surface area (Å²) < 4.78 is 10.5. The highest BCUT2D eigenvalue weighted by Crippen LogP contribution is 2.27. The average molecular weight is 363 g/mol. The summed E-state index contributed by atoms with van der Waals surface area (Å²) in [5, 5.41) is 5.66. The summed E-state index contributed by atoms with van der Waals surface area (Å²) in [6.45, 7) is 2.33. The fraction of sp³-hybridized carbons (Fsp3) is 0.222. The molecule has 0 saturated carbocycles. The molecule has 2 N–H and O–H groups in total. The lowest BCUT2D eigenvalue weighted by atomic mass is 10.2. The number of carbonyl (C=O) groups excluding carboxylic acids is 2. The zero-order chi connectivity index (χ0) is 18.2. The van der Waals surface area contributed by atoms with Crippen LogP contribution in [-0.4, -0.2) is 25.5 Å². The van der Waals surface area contributed by atoms with E-state index in [1.807, 2.05) is 6.92 Å². The van der Waals surface area contributed by atoms with Gasteiger partial charge in [0.2, 0.25) is 11.8 Å². The number of nitrogens with one attached hydrogen (secondary N) is 2. The number of hydrogen-bond acceptors (Lipinski definition) is 4. The van der Waals surface area contributed by atoms with Crippen molar-refractivity contribution < 1.29 is 19.1 Å². The van der Waals surface area contributed by atoms with Crippen molar-refractivity contribution in [2.45, 2.75) is 13.3 Å². The second kappa shape index (κ2) is 8.94. The molecule has 7 heteroatoms. The zero-order valence-electron chi connectivity index (χ0n) is 14.0. The van der Waals surface area contributed by atoms with Crippen molar-refractivity contribution in [3.05, 3.63) is 47.5 Å². The van der Waals surface area contributed by atoms with E-state index in [4.69, 9.17) is 21.1 Å². The lowest BCUT2D eigenvalue weighted by molar-refractivity contribution is -0.123. The number of hydrogen-bond donors (Lipinski definition) is 2. The molecule has 0 fully saturated rings. The van der Waals surface area contributed by atoms with Gasteiger partial charge in [-0.05, 0) is 37.3 Å². The van der Waals surface area contributed by atoms with E-state index in [0.717, 1.165) is 0 Å². The summed E-state index contributed by atoms with van der Waals surface area (Å²) in [6, 6.07) is 11.9. The van der Waals surface area contributed by atoms with Crippen LogP contribution in [0, 0.1) is 0 Å². The minimum Gasteiger partial charge on any atom is -0.495 e. The highest BCUT2D eigenvalue weighted by atomic mass is 35.5. The molecule has 0 aliphatic rings. The maximum atomic E-state index is 12.1. The maximum Gasteiger partial charge on any atom is 0.233 e. The first kappa shape index (κ1) is 18.6. The van der Waals surface area contributed by atoms with Crippen molar-refractivity contribution in [1.82, 2.24) is 0 Å². The van der Waals surface area contributed by atoms with Crippen LogP contribution in [0.5, 0.6) is 11.5 Å². The summed E-state index contributed by atoms with van der Waals surface area (Å²) in [6.07, 6.45) is -0.329. The molecule has 0 atom stereocenters. The van der Waals surface area contributed by atoms with Gasteiger partial charge >= 0.3 is 0 Å². The van der Waals surface area contributed by atoms with Crippen LogP contribution in [0.25, 0.3) is 0 Å². The van der Waals surface area contributed by atoms with Crippen LogP contribution in [0.2, 0.25) is 5.02 Å². The topological polar surface area (TPSA) is 76.7 Å². The number of para-hydroxylation sites is 2. The number of amides is 2. The lowest BCUT2D eigenvalue weighted by Crippen LogP contribution is -2.21. The lowest BCUT2D eigenvalue weighted by Gasteiger charge is -2.11. The van der Waals surface area contributed by atoms with Gasteiger partial charge in [0.05, 0.1) is 24.4 Å². The van der Waals surface area contributed by atoms with Crippen molar-refractivity contribution >= 4 is 34.8 Å². The monoisotopic (exact) mass is 362 g/mol. The van der Waals surface area contributed by atoms with E-state index in [-0.39, 0.29) is 6.42 Å². The van der Waals surface area contributed by atoms with E-state index >= 15 is 0 Å². The number of rotatable bonds is 7. The van der Waals surface area contributed by atoms with Crippen LogP contribution in [0.4, 0.5) is 11.4 Å². The van der Waals surface area contributed by atoms with Gasteiger partial charge in [-0.2, -0.15) is 0 Å². The van der Waals surface area contributed by atoms with Crippen LogP contribution < -0.4 is 20.1 Å². The number of halogens is 1. The number of anilines is 2. The normalized spacial score (nSPS) is 10.0. The summed E-state index contributed by atoms with van der Waals surface area (Å²) in [7, 11) is 1.50. The van der Waals surface area contributed by atoms with Crippen LogP contribution in [-0.2, 0) is 9.59 Å². The van der Waals surface area contributed by atoms with E-state index in [1.54, 1.807) is 42.5 Å². The molecule has 0 aromatic heterocycles. The molecule has 0 aliphatic heterocycles. The largest absolute Gasteiger partial charge is 0.495 e. The molecule has 0 radical (unpaired) electrons. The second-order valence-electron chi connectivity index (χ2n) is 5.05. The van der Waals surface area contributed by atoms with Gasteiger partial charge in [0.1, 0.15) is 17.9 Å². The van der Waals surface area contributed by atoms with Crippen LogP contribution in [0.15, 0.2) is 42.5 Å². The molecule has 132 valence electrons. The number of ether oxygens (including phenoxy) is 2. The van der Waals surface area contributed by atoms with Gasteiger partial charge in [-0.15, -0.1) is 0 Å². The first-order valence-corrected chi connectivity index (χ1v) is 8.06. The summed E-state index contributed by atoms with van der Waals surface area (Å²) in [5.41, 5.74) is 1.01. The summed E-state index contributed by atoms with van der Waals surface area (Å²) >= 11 is 6.00. The van der Waals surface area contributed by atoms with Crippen molar-refractivity contribution in [3.8, 4) is 11.5 Å². The van der Waals surface area contributed by atoms with Crippen molar-refractivity contribution in [3.63, 3.8) is 0 Å². The fourth-order valence-corrected chi connectivity index (χ4v) is 2.40. The molecular weight excluding hydrogens is 344 g/mol. The van der Waals surface area contributed by atoms with Crippen molar-refractivity contribution in [2.75, 3.05) is 24.4 Å². The summed E-state index contributed by atoms with van der Waals surface area (Å²) in [5.74, 6) is 0.169. The van der Waals surface area contributed by atoms with Gasteiger partial charge < -0.3 is 20.1 Å². The molecule has 2 rings (SSSR count). The molecule has 0 unspecified atom stereocenters. The molecule has 2 aromatic rings. The third-order valence-corrected chi connectivity index (χ3v) is 3.51. The summed E-state index contributed by atoms with van der Waals surface area (Å²) in [4.78, 5) is 24.1. The first-order chi connectivity index (χ1) is 12.0. The Morgan fingerprint density at radius 3 is 2.44 bits per heavy atom. The Morgan fingerprint density at radius 1 is 1.04 bits per heavy atom. The average Bonchev–Trinajstić information content (AvgIpc) is 2.57. The molecule has 25 heavy (non-hydrogen) atoms. The molecule has 0 saturated heterocycles. The van der Waals surface area contributed by atoms with E-state index < -0.39 is 11.8 Å². The smallest absolute Gasteiger partial charge is 0.233 e. The Balaban J connectivity index is 1.94. The standard InChI is InChI=1S/C18H19ClN2O4/c1-3-25-16-7-5-4-6-14(16)21-18(23)11-17(22)20-12-8-9-15(24-2)13(19)10-12/h4-10H,3,11H2,1-2H3,(H,20,22)(H,21,23). The Labute approximate surface area is 151 Å². The van der Waals surface area contributed by atoms with E-state index in [2.05, 4.69) is 10.6 Å². The molecule has 0 heterocycles. The number of methoxy groups -OCH3 is 1. The minimum absolute atomic E-state index is 0.329. The minimum atomic E-state index is -0.451. The molecule has 0 bridgehead atoms. The molecular formula is C18H19ClN2O4. The van der Waals surface area contributed by atoms with Gasteiger partial charge in [-0.1, -0.05) is 23.7 Å². The predicted octanol–water partition coefficient (Wildman–Crippen LogP) is 3.71. The fourth-order valence-electron chi connectivity index (χ4n) is 2.14. The molecule has 6 nitrogen and oxygen atoms in total. The van der Waals surface area contributed by atoms with Gasteiger partial charge in [-0.25, -0.2) is 0 Å². The van der Waals surface area contributed by atoms with E-state index in [9.17, 15) is 9.59 Å². The third kappa shape index (κ3) is 5.39. The van der Waals surface area contributed by atoms with Crippen LogP contribution in [0.3, 0.4) is 0 Å². The van der Waals surface area contributed by atoms with Crippen molar-refractivity contribution in [2.24, 2.45) is 0 Å². The quantitative estimate of drug-likeness (QED) is 0.736.